The fourth-order valence-electron chi connectivity index (χ4n) is 5.50. The van der Waals surface area contributed by atoms with Crippen LogP contribution in [0, 0.1) is 5.92 Å². The molecule has 0 unspecified atom stereocenters. The Bertz CT molecular complexity index is 1790. The third-order valence-electron chi connectivity index (χ3n) is 8.21. The number of hydrogen-bond donors (Lipinski definition) is 10. The van der Waals surface area contributed by atoms with Gasteiger partial charge in [0.15, 0.2) is 0 Å². The second kappa shape index (κ2) is 17.8. The molecule has 4 amide bonds. The predicted molar refractivity (Wildman–Crippen MR) is 186 cm³/mol. The Morgan fingerprint density at radius 3 is 2.02 bits per heavy atom. The lowest BCUT2D eigenvalue weighted by atomic mass is 9.99. The SMILES string of the molecule is CC(C)C[C@H](NC(=O)[C@H](Cc1c[nH]c2ccccc12)NC(=O)[C@H](Cc1ccc(O)cc1)NC(=O)[C@@H](N)CO)C(=O)N[C@@H](Cc1cnc[nH]1)C(=O)O. The van der Waals surface area contributed by atoms with Gasteiger partial charge in [-0.15, -0.1) is 0 Å². The van der Waals surface area contributed by atoms with Crippen LogP contribution in [-0.4, -0.2) is 96.7 Å². The van der Waals surface area contributed by atoms with Crippen molar-refractivity contribution in [2.24, 2.45) is 11.7 Å². The molecule has 5 atom stereocenters. The van der Waals surface area contributed by atoms with Gasteiger partial charge in [-0.05, 0) is 41.7 Å². The van der Waals surface area contributed by atoms with Crippen LogP contribution in [0.4, 0.5) is 0 Å². The first-order valence-electron chi connectivity index (χ1n) is 16.5. The molecule has 0 saturated carbocycles. The highest BCUT2D eigenvalue weighted by atomic mass is 16.4. The van der Waals surface area contributed by atoms with Crippen molar-refractivity contribution in [2.45, 2.75) is 69.7 Å². The van der Waals surface area contributed by atoms with E-state index in [1.807, 2.05) is 38.1 Å². The van der Waals surface area contributed by atoms with E-state index in [1.165, 1.54) is 24.7 Å². The molecule has 0 aliphatic rings. The van der Waals surface area contributed by atoms with Gasteiger partial charge in [-0.25, -0.2) is 9.78 Å². The van der Waals surface area contributed by atoms with Gasteiger partial charge in [-0.3, -0.25) is 19.2 Å². The van der Waals surface area contributed by atoms with Crippen LogP contribution in [0.5, 0.6) is 5.75 Å². The number of hydrogen-bond acceptors (Lipinski definition) is 9. The smallest absolute Gasteiger partial charge is 0.326 e. The van der Waals surface area contributed by atoms with Crippen LogP contribution in [0.2, 0.25) is 0 Å². The molecule has 0 radical (unpaired) electrons. The van der Waals surface area contributed by atoms with Crippen LogP contribution in [-0.2, 0) is 43.2 Å². The lowest BCUT2D eigenvalue weighted by Crippen LogP contribution is -2.59. The van der Waals surface area contributed by atoms with E-state index in [0.29, 0.717) is 16.8 Å². The fourth-order valence-corrected chi connectivity index (χ4v) is 5.50. The van der Waals surface area contributed by atoms with Gasteiger partial charge in [0.25, 0.3) is 0 Å². The van der Waals surface area contributed by atoms with Gasteiger partial charge in [0.1, 0.15) is 36.0 Å². The Morgan fingerprint density at radius 2 is 1.39 bits per heavy atom. The van der Waals surface area contributed by atoms with E-state index in [4.69, 9.17) is 5.73 Å². The molecule has 0 aliphatic carbocycles. The zero-order valence-electron chi connectivity index (χ0n) is 28.3. The summed E-state index contributed by atoms with van der Waals surface area (Å²) in [6.07, 6.45) is 4.55. The third-order valence-corrected chi connectivity index (χ3v) is 8.21. The summed E-state index contributed by atoms with van der Waals surface area (Å²) >= 11 is 0. The number of aromatic nitrogens is 3. The highest BCUT2D eigenvalue weighted by Crippen LogP contribution is 2.20. The molecule has 0 saturated heterocycles. The quantitative estimate of drug-likeness (QED) is 0.0663. The highest BCUT2D eigenvalue weighted by Gasteiger charge is 2.33. The summed E-state index contributed by atoms with van der Waals surface area (Å²) < 4.78 is 0. The van der Waals surface area contributed by atoms with E-state index in [-0.39, 0.29) is 37.4 Å². The van der Waals surface area contributed by atoms with Crippen molar-refractivity contribution >= 4 is 40.5 Å². The number of phenols is 1. The Balaban J connectivity index is 1.61. The summed E-state index contributed by atoms with van der Waals surface area (Å²) in [5.74, 6) is -4.38. The average molecular weight is 705 g/mol. The molecule has 2 aromatic carbocycles. The Labute approximate surface area is 293 Å². The molecule has 4 aromatic rings. The summed E-state index contributed by atoms with van der Waals surface area (Å²) in [5.41, 5.74) is 8.25. The third kappa shape index (κ3) is 10.9. The molecule has 51 heavy (non-hydrogen) atoms. The number of fused-ring (bicyclic) bond motifs is 1. The molecule has 0 bridgehead atoms. The molecule has 272 valence electrons. The molecule has 16 heteroatoms. The number of para-hydroxylation sites is 1. The minimum atomic E-state index is -1.32. The Morgan fingerprint density at radius 1 is 0.784 bits per heavy atom. The zero-order chi connectivity index (χ0) is 37.1. The Hall–Kier alpha value is -5.74. The number of imidazole rings is 1. The number of aliphatic hydroxyl groups is 1. The molecule has 0 aliphatic heterocycles. The number of aromatic hydroxyl groups is 1. The molecule has 2 heterocycles. The predicted octanol–water partition coefficient (Wildman–Crippen LogP) is 0.0140. The number of nitrogens with zero attached hydrogens (tertiary/aromatic N) is 1. The van der Waals surface area contributed by atoms with E-state index < -0.39 is 66.4 Å². The monoisotopic (exact) mass is 704 g/mol. The minimum Gasteiger partial charge on any atom is -0.508 e. The van der Waals surface area contributed by atoms with Gasteiger partial charge in [0.05, 0.1) is 12.9 Å². The number of aliphatic carboxylic acids is 1. The number of amides is 4. The summed E-state index contributed by atoms with van der Waals surface area (Å²) in [7, 11) is 0. The number of phenolic OH excluding ortho intramolecular Hbond substituents is 1. The second-order valence-corrected chi connectivity index (χ2v) is 12.7. The number of carboxylic acids is 1. The number of benzene rings is 2. The Kier molecular flexibility index (Phi) is 13.3. The first-order valence-corrected chi connectivity index (χ1v) is 16.5. The minimum absolute atomic E-state index is 0.00229. The number of carbonyl (C=O) groups excluding carboxylic acids is 4. The summed E-state index contributed by atoms with van der Waals surface area (Å²) in [4.78, 5) is 76.1. The van der Waals surface area contributed by atoms with Gasteiger partial charge >= 0.3 is 5.97 Å². The number of aromatic amines is 2. The van der Waals surface area contributed by atoms with Gasteiger partial charge in [-0.2, -0.15) is 0 Å². The average Bonchev–Trinajstić information content (AvgIpc) is 3.77. The number of carboxylic acid groups (broad SMARTS) is 1. The van der Waals surface area contributed by atoms with Crippen molar-refractivity contribution in [3.05, 3.63) is 84.1 Å². The molecule has 16 nitrogen and oxygen atoms in total. The largest absolute Gasteiger partial charge is 0.508 e. The summed E-state index contributed by atoms with van der Waals surface area (Å²) in [5, 5.41) is 40.3. The number of aliphatic hydroxyl groups excluding tert-OH is 1. The van der Waals surface area contributed by atoms with E-state index >= 15 is 0 Å². The topological polar surface area (TPSA) is 265 Å². The van der Waals surface area contributed by atoms with Crippen molar-refractivity contribution in [3.63, 3.8) is 0 Å². The van der Waals surface area contributed by atoms with Gasteiger partial charge in [0, 0.05) is 48.3 Å². The summed E-state index contributed by atoms with van der Waals surface area (Å²) in [6.45, 7) is 3.00. The standard InChI is InChI=1S/C35H44N8O8/c1-19(2)11-27(32(47)43-30(35(50)51)14-22-16-37-18-39-22)41-34(49)29(13-21-15-38-26-6-4-3-5-24(21)26)42-33(48)28(40-31(46)25(36)17-44)12-20-7-9-23(45)10-8-20/h3-10,15-16,18-19,25,27-30,38,44-45H,11-14,17,36H2,1-2H3,(H,37,39)(H,40,46)(H,41,49)(H,42,48)(H,43,47)(H,50,51)/t25-,27-,28-,29-,30-/m0/s1. The van der Waals surface area contributed by atoms with E-state index in [2.05, 4.69) is 36.2 Å². The fraction of sp³-hybridized carbons (Fsp3) is 0.371. The number of nitrogens with two attached hydrogens (primary N) is 1. The molecule has 4 rings (SSSR count). The van der Waals surface area contributed by atoms with Crippen LogP contribution in [0.25, 0.3) is 10.9 Å². The van der Waals surface area contributed by atoms with Crippen LogP contribution < -0.4 is 27.0 Å². The number of carbonyl (C=O) groups is 5. The number of nitrogens with one attached hydrogen (secondary N) is 6. The molecule has 11 N–H and O–H groups in total. The van der Waals surface area contributed by atoms with E-state index in [9.17, 15) is 39.3 Å². The van der Waals surface area contributed by atoms with Crippen LogP contribution in [0.1, 0.15) is 37.1 Å². The maximum atomic E-state index is 14.1. The van der Waals surface area contributed by atoms with Crippen molar-refractivity contribution in [2.75, 3.05) is 6.61 Å². The van der Waals surface area contributed by atoms with E-state index in [1.54, 1.807) is 18.3 Å². The lowest BCUT2D eigenvalue weighted by Gasteiger charge is -2.27. The molecule has 0 spiro atoms. The summed E-state index contributed by atoms with van der Waals surface area (Å²) in [6, 6.07) is 7.00. The normalized spacial score (nSPS) is 14.2. The van der Waals surface area contributed by atoms with Gasteiger partial charge in [-0.1, -0.05) is 44.2 Å². The zero-order valence-corrected chi connectivity index (χ0v) is 28.3. The molecule has 2 aromatic heterocycles. The van der Waals surface area contributed by atoms with Crippen molar-refractivity contribution < 1.29 is 39.3 Å². The molecular weight excluding hydrogens is 660 g/mol. The molecule has 0 fully saturated rings. The maximum absolute atomic E-state index is 14.1. The molecular formula is C35H44N8O8. The van der Waals surface area contributed by atoms with Crippen LogP contribution in [0.15, 0.2) is 67.3 Å². The van der Waals surface area contributed by atoms with Crippen molar-refractivity contribution in [1.29, 1.82) is 0 Å². The van der Waals surface area contributed by atoms with Gasteiger partial charge < -0.3 is 52.3 Å². The van der Waals surface area contributed by atoms with Crippen LogP contribution >= 0.6 is 0 Å². The maximum Gasteiger partial charge on any atom is 0.326 e. The van der Waals surface area contributed by atoms with Crippen molar-refractivity contribution in [1.82, 2.24) is 36.2 Å². The lowest BCUT2D eigenvalue weighted by molar-refractivity contribution is -0.142. The van der Waals surface area contributed by atoms with Crippen molar-refractivity contribution in [3.8, 4) is 5.75 Å². The van der Waals surface area contributed by atoms with E-state index in [0.717, 1.165) is 10.9 Å². The first-order chi connectivity index (χ1) is 24.3. The highest BCUT2D eigenvalue weighted by molar-refractivity contribution is 5.96. The second-order valence-electron chi connectivity index (χ2n) is 12.7. The number of rotatable bonds is 18. The number of H-pyrrole nitrogens is 2. The van der Waals surface area contributed by atoms with Crippen LogP contribution in [0.3, 0.4) is 0 Å². The van der Waals surface area contributed by atoms with Gasteiger partial charge in [0.2, 0.25) is 23.6 Å². The first kappa shape index (κ1) is 38.1.